The highest BCUT2D eigenvalue weighted by molar-refractivity contribution is 7.99. The first kappa shape index (κ1) is 14.0. The van der Waals surface area contributed by atoms with Crippen LogP contribution in [0.5, 0.6) is 0 Å². The van der Waals surface area contributed by atoms with E-state index in [1.165, 1.54) is 16.0 Å². The SMILES string of the molecule is Cc1cc(Sc2cnccn2)ccc1CNC(C)C. The Morgan fingerprint density at radius 1 is 1.26 bits per heavy atom. The molecule has 0 radical (unpaired) electrons. The molecule has 0 saturated carbocycles. The van der Waals surface area contributed by atoms with Crippen molar-refractivity contribution in [3.8, 4) is 0 Å². The van der Waals surface area contributed by atoms with E-state index in [1.54, 1.807) is 30.4 Å². The molecule has 100 valence electrons. The Balaban J connectivity index is 2.06. The van der Waals surface area contributed by atoms with Crippen molar-refractivity contribution in [2.45, 2.75) is 43.3 Å². The molecule has 0 atom stereocenters. The van der Waals surface area contributed by atoms with Crippen LogP contribution in [0.2, 0.25) is 0 Å². The Morgan fingerprint density at radius 3 is 2.74 bits per heavy atom. The zero-order valence-electron chi connectivity index (χ0n) is 11.6. The molecule has 0 amide bonds. The number of nitrogens with one attached hydrogen (secondary N) is 1. The minimum atomic E-state index is 0.507. The third kappa shape index (κ3) is 4.33. The Morgan fingerprint density at radius 2 is 2.11 bits per heavy atom. The molecule has 3 nitrogen and oxygen atoms in total. The van der Waals surface area contributed by atoms with Crippen molar-refractivity contribution >= 4 is 11.8 Å². The summed E-state index contributed by atoms with van der Waals surface area (Å²) in [5.74, 6) is 0. The van der Waals surface area contributed by atoms with Gasteiger partial charge >= 0.3 is 0 Å². The van der Waals surface area contributed by atoms with Crippen LogP contribution in [0.1, 0.15) is 25.0 Å². The van der Waals surface area contributed by atoms with Crippen LogP contribution in [0.4, 0.5) is 0 Å². The van der Waals surface area contributed by atoms with Crippen molar-refractivity contribution in [3.05, 3.63) is 47.9 Å². The molecule has 0 aliphatic rings. The molecule has 0 saturated heterocycles. The van der Waals surface area contributed by atoms with E-state index >= 15 is 0 Å². The van der Waals surface area contributed by atoms with Gasteiger partial charge in [-0.05, 0) is 30.2 Å². The lowest BCUT2D eigenvalue weighted by molar-refractivity contribution is 0.587. The van der Waals surface area contributed by atoms with Crippen LogP contribution >= 0.6 is 11.8 Å². The van der Waals surface area contributed by atoms with Gasteiger partial charge in [-0.3, -0.25) is 4.98 Å². The van der Waals surface area contributed by atoms with Gasteiger partial charge in [0, 0.05) is 29.9 Å². The molecule has 0 aliphatic heterocycles. The van der Waals surface area contributed by atoms with E-state index in [0.29, 0.717) is 6.04 Å². The number of nitrogens with zero attached hydrogens (tertiary/aromatic N) is 2. The highest BCUT2D eigenvalue weighted by atomic mass is 32.2. The number of hydrogen-bond acceptors (Lipinski definition) is 4. The number of aryl methyl sites for hydroxylation is 1. The molecular weight excluding hydrogens is 254 g/mol. The van der Waals surface area contributed by atoms with Gasteiger partial charge in [-0.15, -0.1) is 0 Å². The predicted octanol–water partition coefficient (Wildman–Crippen LogP) is 3.43. The quantitative estimate of drug-likeness (QED) is 0.905. The van der Waals surface area contributed by atoms with Crippen LogP contribution in [-0.2, 0) is 6.54 Å². The lowest BCUT2D eigenvalue weighted by Gasteiger charge is -2.11. The molecule has 19 heavy (non-hydrogen) atoms. The predicted molar refractivity (Wildman–Crippen MR) is 79.3 cm³/mol. The second-order valence-corrected chi connectivity index (χ2v) is 5.86. The lowest BCUT2D eigenvalue weighted by Crippen LogP contribution is -2.22. The maximum Gasteiger partial charge on any atom is 0.119 e. The normalized spacial score (nSPS) is 10.9. The van der Waals surface area contributed by atoms with Crippen molar-refractivity contribution < 1.29 is 0 Å². The molecule has 0 fully saturated rings. The van der Waals surface area contributed by atoms with Crippen molar-refractivity contribution in [2.75, 3.05) is 0 Å². The summed E-state index contributed by atoms with van der Waals surface area (Å²) < 4.78 is 0. The van der Waals surface area contributed by atoms with E-state index in [9.17, 15) is 0 Å². The van der Waals surface area contributed by atoms with E-state index in [-0.39, 0.29) is 0 Å². The van der Waals surface area contributed by atoms with Gasteiger partial charge in [-0.25, -0.2) is 4.98 Å². The molecule has 0 unspecified atom stereocenters. The maximum absolute atomic E-state index is 4.27. The standard InChI is InChI=1S/C15H19N3S/c1-11(2)18-9-13-4-5-14(8-12(13)3)19-15-10-16-6-7-17-15/h4-8,10-11,18H,9H2,1-3H3. The molecule has 2 rings (SSSR count). The molecule has 2 aromatic rings. The van der Waals surface area contributed by atoms with Gasteiger partial charge in [0.15, 0.2) is 0 Å². The van der Waals surface area contributed by atoms with Crippen LogP contribution in [0.3, 0.4) is 0 Å². The second kappa shape index (κ2) is 6.68. The van der Waals surface area contributed by atoms with Crippen LogP contribution < -0.4 is 5.32 Å². The smallest absolute Gasteiger partial charge is 0.119 e. The van der Waals surface area contributed by atoms with Crippen LogP contribution in [-0.4, -0.2) is 16.0 Å². The molecule has 1 N–H and O–H groups in total. The summed E-state index contributed by atoms with van der Waals surface area (Å²) in [6.07, 6.45) is 5.19. The zero-order valence-corrected chi connectivity index (χ0v) is 12.4. The molecule has 4 heteroatoms. The van der Waals surface area contributed by atoms with E-state index in [2.05, 4.69) is 54.3 Å². The second-order valence-electron chi connectivity index (χ2n) is 4.77. The maximum atomic E-state index is 4.27. The average Bonchev–Trinajstić information content (AvgIpc) is 2.39. The summed E-state index contributed by atoms with van der Waals surface area (Å²) in [5, 5.41) is 4.37. The van der Waals surface area contributed by atoms with E-state index < -0.39 is 0 Å². The Labute approximate surface area is 118 Å². The molecular formula is C15H19N3S. The highest BCUT2D eigenvalue weighted by Crippen LogP contribution is 2.26. The number of aromatic nitrogens is 2. The van der Waals surface area contributed by atoms with E-state index in [0.717, 1.165) is 11.6 Å². The zero-order chi connectivity index (χ0) is 13.7. The third-order valence-electron chi connectivity index (χ3n) is 2.78. The molecule has 0 bridgehead atoms. The van der Waals surface area contributed by atoms with Crippen molar-refractivity contribution in [1.82, 2.24) is 15.3 Å². The number of rotatable bonds is 5. The van der Waals surface area contributed by atoms with Gasteiger partial charge < -0.3 is 5.32 Å². The van der Waals surface area contributed by atoms with E-state index in [4.69, 9.17) is 0 Å². The van der Waals surface area contributed by atoms with Crippen LogP contribution in [0.25, 0.3) is 0 Å². The summed E-state index contributed by atoms with van der Waals surface area (Å²) in [6.45, 7) is 7.39. The van der Waals surface area contributed by atoms with Gasteiger partial charge in [0.25, 0.3) is 0 Å². The van der Waals surface area contributed by atoms with Crippen LogP contribution in [0.15, 0.2) is 46.7 Å². The molecule has 1 heterocycles. The molecule has 0 aliphatic carbocycles. The van der Waals surface area contributed by atoms with Gasteiger partial charge in [-0.1, -0.05) is 31.7 Å². The van der Waals surface area contributed by atoms with Gasteiger partial charge in [-0.2, -0.15) is 0 Å². The summed E-state index contributed by atoms with van der Waals surface area (Å²) in [7, 11) is 0. The van der Waals surface area contributed by atoms with Gasteiger partial charge in [0.05, 0.1) is 6.20 Å². The molecule has 0 spiro atoms. The van der Waals surface area contributed by atoms with Crippen molar-refractivity contribution in [1.29, 1.82) is 0 Å². The summed E-state index contributed by atoms with van der Waals surface area (Å²) in [5.41, 5.74) is 2.65. The average molecular weight is 273 g/mol. The summed E-state index contributed by atoms with van der Waals surface area (Å²) in [4.78, 5) is 9.55. The first-order valence-electron chi connectivity index (χ1n) is 6.42. The van der Waals surface area contributed by atoms with Crippen molar-refractivity contribution in [2.24, 2.45) is 0 Å². The Kier molecular flexibility index (Phi) is 4.93. The number of hydrogen-bond donors (Lipinski definition) is 1. The summed E-state index contributed by atoms with van der Waals surface area (Å²) in [6, 6.07) is 7.04. The fourth-order valence-corrected chi connectivity index (χ4v) is 2.54. The Hall–Kier alpha value is -1.39. The minimum absolute atomic E-state index is 0.507. The summed E-state index contributed by atoms with van der Waals surface area (Å²) >= 11 is 1.64. The molecule has 1 aromatic heterocycles. The van der Waals surface area contributed by atoms with Crippen LogP contribution in [0, 0.1) is 6.92 Å². The van der Waals surface area contributed by atoms with Gasteiger partial charge in [0.2, 0.25) is 0 Å². The Bertz CT molecular complexity index is 526. The fourth-order valence-electron chi connectivity index (χ4n) is 1.70. The fraction of sp³-hybridized carbons (Fsp3) is 0.333. The number of benzene rings is 1. The minimum Gasteiger partial charge on any atom is -0.310 e. The van der Waals surface area contributed by atoms with Crippen molar-refractivity contribution in [3.63, 3.8) is 0 Å². The topological polar surface area (TPSA) is 37.8 Å². The first-order chi connectivity index (χ1) is 9.15. The largest absolute Gasteiger partial charge is 0.310 e. The molecule has 1 aromatic carbocycles. The van der Waals surface area contributed by atoms with E-state index in [1.807, 2.05) is 0 Å². The lowest BCUT2D eigenvalue weighted by atomic mass is 10.1. The monoisotopic (exact) mass is 273 g/mol. The third-order valence-corrected chi connectivity index (χ3v) is 3.69. The van der Waals surface area contributed by atoms with Gasteiger partial charge in [0.1, 0.15) is 5.03 Å². The first-order valence-corrected chi connectivity index (χ1v) is 7.23. The highest BCUT2D eigenvalue weighted by Gasteiger charge is 2.03.